The van der Waals surface area contributed by atoms with Crippen LogP contribution in [0.4, 0.5) is 13.2 Å². The second kappa shape index (κ2) is 8.49. The standard InChI is InChI=1S/C20H22ClF3N6O/c1-12-3-5-13(6-4-12)19-25-18(11-29-10-17(26-28-29)20(22,23)24)30(27-19)14-7-8-16(31-2)15(21)9-14/h7-10,12-13H,3-6,11H2,1-2H3. The molecule has 0 spiro atoms. The molecular weight excluding hydrogens is 433 g/mol. The summed E-state index contributed by atoms with van der Waals surface area (Å²) in [7, 11) is 1.52. The Kier molecular flexibility index (Phi) is 5.92. The fraction of sp³-hybridized carbons (Fsp3) is 0.500. The molecular formula is C20H22ClF3N6O. The average Bonchev–Trinajstić information content (AvgIpc) is 3.36. The Morgan fingerprint density at radius 2 is 1.94 bits per heavy atom. The number of hydrogen-bond acceptors (Lipinski definition) is 5. The van der Waals surface area contributed by atoms with E-state index in [0.29, 0.717) is 34.0 Å². The Bertz CT molecular complexity index is 1060. The fourth-order valence-corrected chi connectivity index (χ4v) is 4.05. The van der Waals surface area contributed by atoms with Gasteiger partial charge in [0.05, 0.1) is 24.0 Å². The Balaban J connectivity index is 1.70. The van der Waals surface area contributed by atoms with Crippen LogP contribution < -0.4 is 4.74 Å². The van der Waals surface area contributed by atoms with E-state index in [-0.39, 0.29) is 12.5 Å². The van der Waals surface area contributed by atoms with Gasteiger partial charge in [-0.1, -0.05) is 36.6 Å². The van der Waals surface area contributed by atoms with Crippen molar-refractivity contribution < 1.29 is 17.9 Å². The van der Waals surface area contributed by atoms with Crippen LogP contribution in [0.1, 0.15) is 55.9 Å². The van der Waals surface area contributed by atoms with Crippen LogP contribution in [0.3, 0.4) is 0 Å². The van der Waals surface area contributed by atoms with E-state index in [1.807, 2.05) is 0 Å². The summed E-state index contributed by atoms with van der Waals surface area (Å²) in [4.78, 5) is 4.68. The van der Waals surface area contributed by atoms with E-state index < -0.39 is 11.9 Å². The SMILES string of the molecule is COc1ccc(-n2nc(C3CCC(C)CC3)nc2Cn2cc(C(F)(F)F)nn2)cc1Cl. The minimum atomic E-state index is -4.56. The van der Waals surface area contributed by atoms with Crippen molar-refractivity contribution >= 4 is 11.6 Å². The lowest BCUT2D eigenvalue weighted by Gasteiger charge is -2.23. The van der Waals surface area contributed by atoms with Crippen LogP contribution in [0, 0.1) is 5.92 Å². The van der Waals surface area contributed by atoms with Crippen molar-refractivity contribution in [3.63, 3.8) is 0 Å². The average molecular weight is 455 g/mol. The predicted octanol–water partition coefficient (Wildman–Crippen LogP) is 4.88. The van der Waals surface area contributed by atoms with Crippen LogP contribution in [-0.4, -0.2) is 36.9 Å². The highest BCUT2D eigenvalue weighted by Gasteiger charge is 2.34. The topological polar surface area (TPSA) is 70.7 Å². The summed E-state index contributed by atoms with van der Waals surface area (Å²) in [6.07, 6.45) is 0.467. The molecule has 166 valence electrons. The summed E-state index contributed by atoms with van der Waals surface area (Å²) >= 11 is 6.28. The summed E-state index contributed by atoms with van der Waals surface area (Å²) < 4.78 is 46.6. The van der Waals surface area contributed by atoms with Crippen LogP contribution >= 0.6 is 11.6 Å². The zero-order chi connectivity index (χ0) is 22.2. The normalized spacial score (nSPS) is 19.5. The quantitative estimate of drug-likeness (QED) is 0.549. The molecule has 31 heavy (non-hydrogen) atoms. The van der Waals surface area contributed by atoms with E-state index in [1.54, 1.807) is 22.9 Å². The number of methoxy groups -OCH3 is 1. The largest absolute Gasteiger partial charge is 0.495 e. The van der Waals surface area contributed by atoms with Crippen molar-refractivity contribution in [3.8, 4) is 11.4 Å². The number of benzene rings is 1. The Morgan fingerprint density at radius 1 is 1.19 bits per heavy atom. The number of ether oxygens (including phenoxy) is 1. The van der Waals surface area contributed by atoms with Crippen molar-refractivity contribution in [1.29, 1.82) is 0 Å². The minimum absolute atomic E-state index is 0.0111. The molecule has 0 atom stereocenters. The van der Waals surface area contributed by atoms with E-state index in [2.05, 4.69) is 22.2 Å². The van der Waals surface area contributed by atoms with Crippen LogP contribution in [0.5, 0.6) is 5.75 Å². The first-order valence-corrected chi connectivity index (χ1v) is 10.4. The smallest absolute Gasteiger partial charge is 0.436 e. The number of aromatic nitrogens is 6. The predicted molar refractivity (Wildman–Crippen MR) is 107 cm³/mol. The van der Waals surface area contributed by atoms with Crippen LogP contribution in [-0.2, 0) is 12.7 Å². The molecule has 0 bridgehead atoms. The van der Waals surface area contributed by atoms with E-state index in [1.165, 1.54) is 7.11 Å². The molecule has 1 fully saturated rings. The Labute approximate surface area is 182 Å². The van der Waals surface area contributed by atoms with E-state index in [0.717, 1.165) is 36.6 Å². The highest BCUT2D eigenvalue weighted by Crippen LogP contribution is 2.35. The van der Waals surface area contributed by atoms with Crippen molar-refractivity contribution in [3.05, 3.63) is 46.8 Å². The first-order chi connectivity index (χ1) is 14.7. The molecule has 1 aromatic carbocycles. The van der Waals surface area contributed by atoms with Gasteiger partial charge in [-0.3, -0.25) is 0 Å². The van der Waals surface area contributed by atoms with Gasteiger partial charge in [-0.25, -0.2) is 14.3 Å². The number of hydrogen-bond donors (Lipinski definition) is 0. The van der Waals surface area contributed by atoms with Gasteiger partial charge in [0.25, 0.3) is 0 Å². The van der Waals surface area contributed by atoms with E-state index >= 15 is 0 Å². The second-order valence-corrected chi connectivity index (χ2v) is 8.28. The maximum Gasteiger partial charge on any atom is 0.436 e. The second-order valence-electron chi connectivity index (χ2n) is 7.87. The van der Waals surface area contributed by atoms with Crippen LogP contribution in [0.25, 0.3) is 5.69 Å². The van der Waals surface area contributed by atoms with Gasteiger partial charge in [0.15, 0.2) is 17.3 Å². The summed E-state index contributed by atoms with van der Waals surface area (Å²) in [5.74, 6) is 2.54. The molecule has 3 aromatic rings. The highest BCUT2D eigenvalue weighted by atomic mass is 35.5. The Hall–Kier alpha value is -2.62. The highest BCUT2D eigenvalue weighted by molar-refractivity contribution is 6.32. The van der Waals surface area contributed by atoms with Gasteiger partial charge < -0.3 is 4.74 Å². The first-order valence-electron chi connectivity index (χ1n) is 10.0. The van der Waals surface area contributed by atoms with E-state index in [9.17, 15) is 13.2 Å². The molecule has 11 heteroatoms. The monoisotopic (exact) mass is 454 g/mol. The Morgan fingerprint density at radius 3 is 2.55 bits per heavy atom. The molecule has 2 aromatic heterocycles. The van der Waals surface area contributed by atoms with Gasteiger partial charge in [-0.15, -0.1) is 5.10 Å². The molecule has 0 N–H and O–H groups in total. The zero-order valence-corrected chi connectivity index (χ0v) is 17.9. The third-order valence-corrected chi connectivity index (χ3v) is 5.88. The molecule has 1 aliphatic carbocycles. The summed E-state index contributed by atoms with van der Waals surface area (Å²) in [5.41, 5.74) is -0.410. The van der Waals surface area contributed by atoms with Crippen molar-refractivity contribution in [1.82, 2.24) is 29.8 Å². The lowest BCUT2D eigenvalue weighted by molar-refractivity contribution is -0.141. The molecule has 0 radical (unpaired) electrons. The lowest BCUT2D eigenvalue weighted by atomic mass is 9.83. The van der Waals surface area contributed by atoms with Crippen molar-refractivity contribution in [2.24, 2.45) is 5.92 Å². The zero-order valence-electron chi connectivity index (χ0n) is 17.1. The molecule has 7 nitrogen and oxygen atoms in total. The molecule has 0 aliphatic heterocycles. The van der Waals surface area contributed by atoms with Crippen molar-refractivity contribution in [2.75, 3.05) is 7.11 Å². The maximum absolute atomic E-state index is 12.9. The molecule has 0 amide bonds. The third-order valence-electron chi connectivity index (χ3n) is 5.58. The van der Waals surface area contributed by atoms with Gasteiger partial charge in [-0.05, 0) is 37.0 Å². The third kappa shape index (κ3) is 4.68. The first kappa shape index (κ1) is 21.6. The number of nitrogens with zero attached hydrogens (tertiary/aromatic N) is 6. The van der Waals surface area contributed by atoms with Gasteiger partial charge in [0, 0.05) is 5.92 Å². The lowest BCUT2D eigenvalue weighted by Crippen LogP contribution is -2.12. The molecule has 1 aliphatic rings. The number of rotatable bonds is 5. The van der Waals surface area contributed by atoms with Gasteiger partial charge in [0.2, 0.25) is 0 Å². The van der Waals surface area contributed by atoms with E-state index in [4.69, 9.17) is 21.4 Å². The van der Waals surface area contributed by atoms with Crippen LogP contribution in [0.15, 0.2) is 24.4 Å². The van der Waals surface area contributed by atoms with Gasteiger partial charge >= 0.3 is 6.18 Å². The number of halogens is 4. The maximum atomic E-state index is 12.9. The summed E-state index contributed by atoms with van der Waals surface area (Å²) in [5, 5.41) is 11.9. The summed E-state index contributed by atoms with van der Waals surface area (Å²) in [6, 6.07) is 5.17. The molecule has 0 unspecified atom stereocenters. The molecule has 0 saturated heterocycles. The molecule has 2 heterocycles. The molecule has 4 rings (SSSR count). The van der Waals surface area contributed by atoms with Crippen LogP contribution in [0.2, 0.25) is 5.02 Å². The molecule has 1 saturated carbocycles. The minimum Gasteiger partial charge on any atom is -0.495 e. The van der Waals surface area contributed by atoms with Gasteiger partial charge in [0.1, 0.15) is 12.3 Å². The van der Waals surface area contributed by atoms with Gasteiger partial charge in [-0.2, -0.15) is 18.3 Å². The van der Waals surface area contributed by atoms with Crippen molar-refractivity contribution in [2.45, 2.75) is 51.2 Å². The fourth-order valence-electron chi connectivity index (χ4n) is 3.80. The summed E-state index contributed by atoms with van der Waals surface area (Å²) in [6.45, 7) is 2.22. The number of alkyl halides is 3.